The summed E-state index contributed by atoms with van der Waals surface area (Å²) in [5, 5.41) is 0. The molecular formula is C13H23ClN2O. The van der Waals surface area contributed by atoms with Crippen molar-refractivity contribution in [1.29, 1.82) is 0 Å². The number of halogens is 1. The van der Waals surface area contributed by atoms with Crippen molar-refractivity contribution in [2.75, 3.05) is 13.1 Å². The molecule has 0 aromatic heterocycles. The summed E-state index contributed by atoms with van der Waals surface area (Å²) < 4.78 is 0. The molecule has 2 atom stereocenters. The summed E-state index contributed by atoms with van der Waals surface area (Å²) in [6, 6.07) is 0.250. The Bertz CT molecular complexity index is 275. The molecule has 2 aliphatic rings. The molecule has 2 N–H and O–H groups in total. The van der Waals surface area contributed by atoms with E-state index in [1.165, 1.54) is 0 Å². The number of carbonyl (C=O) groups excluding carboxylic acids is 1. The molecule has 17 heavy (non-hydrogen) atoms. The van der Waals surface area contributed by atoms with Gasteiger partial charge in [0.05, 0.1) is 0 Å². The Labute approximate surface area is 110 Å². The van der Waals surface area contributed by atoms with Crippen molar-refractivity contribution in [3.05, 3.63) is 12.7 Å². The van der Waals surface area contributed by atoms with Gasteiger partial charge in [0, 0.05) is 25.0 Å². The Morgan fingerprint density at radius 2 is 1.88 bits per heavy atom. The van der Waals surface area contributed by atoms with Crippen molar-refractivity contribution in [3.8, 4) is 0 Å². The van der Waals surface area contributed by atoms with Gasteiger partial charge in [-0.1, -0.05) is 6.08 Å². The average molecular weight is 259 g/mol. The number of nitrogens with two attached hydrogens (primary N) is 1. The molecule has 98 valence electrons. The molecule has 0 aromatic rings. The van der Waals surface area contributed by atoms with Gasteiger partial charge in [0.25, 0.3) is 0 Å². The smallest absolute Gasteiger partial charge is 0.225 e. The highest BCUT2D eigenvalue weighted by atomic mass is 35.5. The van der Waals surface area contributed by atoms with E-state index in [1.807, 2.05) is 11.0 Å². The summed E-state index contributed by atoms with van der Waals surface area (Å²) in [7, 11) is 0. The normalized spacial score (nSPS) is 29.8. The van der Waals surface area contributed by atoms with Crippen LogP contribution < -0.4 is 5.73 Å². The second-order valence-electron chi connectivity index (χ2n) is 5.17. The van der Waals surface area contributed by atoms with Gasteiger partial charge in [-0.3, -0.25) is 4.79 Å². The Morgan fingerprint density at radius 1 is 1.24 bits per heavy atom. The van der Waals surface area contributed by atoms with Crippen LogP contribution in [0.2, 0.25) is 0 Å². The van der Waals surface area contributed by atoms with Crippen molar-refractivity contribution in [3.63, 3.8) is 0 Å². The summed E-state index contributed by atoms with van der Waals surface area (Å²) in [5.74, 6) is 1.15. The quantitative estimate of drug-likeness (QED) is 0.770. The lowest BCUT2D eigenvalue weighted by Crippen LogP contribution is -2.41. The van der Waals surface area contributed by atoms with Gasteiger partial charge in [0.1, 0.15) is 0 Å². The first-order chi connectivity index (χ1) is 7.70. The fraction of sp³-hybridized carbons (Fsp3) is 0.769. The number of piperidine rings is 1. The molecule has 1 saturated carbocycles. The standard InChI is InChI=1S/C13H22N2O.ClH/c1-2-10-5-7-15(8-6-10)13(16)11-3-4-12(14)9-11;/h2,10-12H,1,3-9,14H2;1H. The minimum atomic E-state index is 0. The number of nitrogens with zero attached hydrogens (tertiary/aromatic N) is 1. The number of allylic oxidation sites excluding steroid dienone is 1. The molecule has 0 aromatic carbocycles. The van der Waals surface area contributed by atoms with Crippen LogP contribution in [0.3, 0.4) is 0 Å². The maximum Gasteiger partial charge on any atom is 0.225 e. The van der Waals surface area contributed by atoms with Gasteiger partial charge in [0.15, 0.2) is 0 Å². The van der Waals surface area contributed by atoms with Crippen LogP contribution in [0.4, 0.5) is 0 Å². The maximum absolute atomic E-state index is 12.2. The molecule has 0 radical (unpaired) electrons. The number of carbonyl (C=O) groups is 1. The molecule has 1 heterocycles. The van der Waals surface area contributed by atoms with E-state index in [0.717, 1.165) is 45.2 Å². The van der Waals surface area contributed by atoms with Crippen LogP contribution in [0.1, 0.15) is 32.1 Å². The van der Waals surface area contributed by atoms with E-state index in [0.29, 0.717) is 11.8 Å². The van der Waals surface area contributed by atoms with Crippen molar-refractivity contribution >= 4 is 18.3 Å². The van der Waals surface area contributed by atoms with Crippen molar-refractivity contribution in [1.82, 2.24) is 4.90 Å². The number of likely N-dealkylation sites (tertiary alicyclic amines) is 1. The summed E-state index contributed by atoms with van der Waals surface area (Å²) in [4.78, 5) is 14.2. The van der Waals surface area contributed by atoms with Crippen LogP contribution in [0.25, 0.3) is 0 Å². The summed E-state index contributed by atoms with van der Waals surface area (Å²) in [5.41, 5.74) is 5.85. The molecule has 1 saturated heterocycles. The van der Waals surface area contributed by atoms with E-state index in [2.05, 4.69) is 6.58 Å². The Hall–Kier alpha value is -0.540. The molecule has 2 fully saturated rings. The zero-order valence-electron chi connectivity index (χ0n) is 10.3. The highest BCUT2D eigenvalue weighted by Crippen LogP contribution is 2.28. The van der Waals surface area contributed by atoms with E-state index in [1.54, 1.807) is 0 Å². The van der Waals surface area contributed by atoms with Crippen LogP contribution in [0.15, 0.2) is 12.7 Å². The first-order valence-electron chi connectivity index (χ1n) is 6.37. The number of rotatable bonds is 2. The van der Waals surface area contributed by atoms with Crippen LogP contribution in [0.5, 0.6) is 0 Å². The summed E-state index contributed by atoms with van der Waals surface area (Å²) >= 11 is 0. The zero-order chi connectivity index (χ0) is 11.5. The molecule has 1 amide bonds. The number of hydrogen-bond acceptors (Lipinski definition) is 2. The SMILES string of the molecule is C=CC1CCN(C(=O)C2CCC(N)C2)CC1.Cl. The van der Waals surface area contributed by atoms with Crippen molar-refractivity contribution in [2.24, 2.45) is 17.6 Å². The third kappa shape index (κ3) is 3.46. The molecule has 4 heteroatoms. The third-order valence-electron chi connectivity index (χ3n) is 4.01. The van der Waals surface area contributed by atoms with Gasteiger partial charge in [-0.2, -0.15) is 0 Å². The lowest BCUT2D eigenvalue weighted by atomic mass is 9.95. The summed E-state index contributed by atoms with van der Waals surface area (Å²) in [6.07, 6.45) is 7.07. The molecule has 2 rings (SSSR count). The minimum Gasteiger partial charge on any atom is -0.342 e. The molecule has 1 aliphatic carbocycles. The first-order valence-corrected chi connectivity index (χ1v) is 6.37. The monoisotopic (exact) mass is 258 g/mol. The minimum absolute atomic E-state index is 0. The maximum atomic E-state index is 12.2. The van der Waals surface area contributed by atoms with E-state index in [-0.39, 0.29) is 24.4 Å². The van der Waals surface area contributed by atoms with Crippen LogP contribution in [-0.2, 0) is 4.79 Å². The summed E-state index contributed by atoms with van der Waals surface area (Å²) in [6.45, 7) is 5.63. The fourth-order valence-corrected chi connectivity index (χ4v) is 2.85. The van der Waals surface area contributed by atoms with Gasteiger partial charge in [-0.15, -0.1) is 19.0 Å². The second kappa shape index (κ2) is 6.41. The number of hydrogen-bond donors (Lipinski definition) is 1. The molecule has 0 spiro atoms. The molecule has 1 aliphatic heterocycles. The van der Waals surface area contributed by atoms with Crippen LogP contribution >= 0.6 is 12.4 Å². The molecule has 2 unspecified atom stereocenters. The van der Waals surface area contributed by atoms with Crippen molar-refractivity contribution < 1.29 is 4.79 Å². The lowest BCUT2D eigenvalue weighted by molar-refractivity contribution is -0.136. The number of amides is 1. The average Bonchev–Trinajstić information content (AvgIpc) is 2.75. The van der Waals surface area contributed by atoms with E-state index in [4.69, 9.17) is 5.73 Å². The zero-order valence-corrected chi connectivity index (χ0v) is 11.1. The lowest BCUT2D eigenvalue weighted by Gasteiger charge is -2.32. The topological polar surface area (TPSA) is 46.3 Å². The molecule has 0 bridgehead atoms. The Morgan fingerprint density at radius 3 is 2.35 bits per heavy atom. The fourth-order valence-electron chi connectivity index (χ4n) is 2.85. The molecule has 3 nitrogen and oxygen atoms in total. The van der Waals surface area contributed by atoms with Gasteiger partial charge in [-0.25, -0.2) is 0 Å². The van der Waals surface area contributed by atoms with E-state index >= 15 is 0 Å². The third-order valence-corrected chi connectivity index (χ3v) is 4.01. The first kappa shape index (κ1) is 14.5. The van der Waals surface area contributed by atoms with Gasteiger partial charge < -0.3 is 10.6 Å². The predicted octanol–water partition coefficient (Wildman–Crippen LogP) is 1.96. The van der Waals surface area contributed by atoms with Gasteiger partial charge in [0.2, 0.25) is 5.91 Å². The van der Waals surface area contributed by atoms with Gasteiger partial charge in [-0.05, 0) is 38.0 Å². The highest BCUT2D eigenvalue weighted by Gasteiger charge is 2.32. The molecular weight excluding hydrogens is 236 g/mol. The predicted molar refractivity (Wildman–Crippen MR) is 72.1 cm³/mol. The van der Waals surface area contributed by atoms with Crippen molar-refractivity contribution in [2.45, 2.75) is 38.1 Å². The van der Waals surface area contributed by atoms with E-state index in [9.17, 15) is 4.79 Å². The van der Waals surface area contributed by atoms with Crippen LogP contribution in [0, 0.1) is 11.8 Å². The Balaban J connectivity index is 0.00000144. The second-order valence-corrected chi connectivity index (χ2v) is 5.17. The van der Waals surface area contributed by atoms with E-state index < -0.39 is 0 Å². The largest absolute Gasteiger partial charge is 0.342 e. The van der Waals surface area contributed by atoms with Gasteiger partial charge >= 0.3 is 0 Å². The van der Waals surface area contributed by atoms with Crippen LogP contribution in [-0.4, -0.2) is 29.9 Å². The highest BCUT2D eigenvalue weighted by molar-refractivity contribution is 5.85. The Kier molecular flexibility index (Phi) is 5.47.